The SMILES string of the molecule is CCN=C1S/C(=C\c2cc(I)c(OCC(=O)Nc3ccc(F)cc3)c(OCC)c2)C(=O)N1CC. The van der Waals surface area contributed by atoms with Gasteiger partial charge in [-0.1, -0.05) is 0 Å². The highest BCUT2D eigenvalue weighted by Crippen LogP contribution is 2.37. The maximum Gasteiger partial charge on any atom is 0.266 e. The van der Waals surface area contributed by atoms with Crippen molar-refractivity contribution < 1.29 is 23.5 Å². The van der Waals surface area contributed by atoms with Crippen molar-refractivity contribution >= 4 is 63.1 Å². The van der Waals surface area contributed by atoms with Crippen LogP contribution in [-0.4, -0.2) is 48.2 Å². The second kappa shape index (κ2) is 12.2. The molecule has 34 heavy (non-hydrogen) atoms. The van der Waals surface area contributed by atoms with Gasteiger partial charge in [-0.2, -0.15) is 0 Å². The third-order valence-electron chi connectivity index (χ3n) is 4.60. The minimum Gasteiger partial charge on any atom is -0.490 e. The number of benzene rings is 2. The van der Waals surface area contributed by atoms with Crippen LogP contribution in [0.4, 0.5) is 10.1 Å². The van der Waals surface area contributed by atoms with Crippen LogP contribution in [0.15, 0.2) is 46.3 Å². The molecule has 1 N–H and O–H groups in total. The highest BCUT2D eigenvalue weighted by Gasteiger charge is 2.32. The van der Waals surface area contributed by atoms with Gasteiger partial charge in [0, 0.05) is 18.8 Å². The van der Waals surface area contributed by atoms with Crippen molar-refractivity contribution in [1.82, 2.24) is 4.90 Å². The Morgan fingerprint density at radius 1 is 1.21 bits per heavy atom. The average molecular weight is 597 g/mol. The Labute approximate surface area is 215 Å². The Bertz CT molecular complexity index is 1120. The van der Waals surface area contributed by atoms with E-state index in [-0.39, 0.29) is 24.2 Å². The van der Waals surface area contributed by atoms with Crippen LogP contribution in [0.25, 0.3) is 6.08 Å². The molecule has 0 aliphatic carbocycles. The molecule has 2 aromatic rings. The van der Waals surface area contributed by atoms with E-state index in [9.17, 15) is 14.0 Å². The largest absolute Gasteiger partial charge is 0.490 e. The Balaban J connectivity index is 1.78. The van der Waals surface area contributed by atoms with Crippen LogP contribution in [0.2, 0.25) is 0 Å². The van der Waals surface area contributed by atoms with Crippen LogP contribution in [0.5, 0.6) is 11.5 Å². The van der Waals surface area contributed by atoms with Gasteiger partial charge >= 0.3 is 0 Å². The van der Waals surface area contributed by atoms with Gasteiger partial charge < -0.3 is 14.8 Å². The molecule has 7 nitrogen and oxygen atoms in total. The first-order valence-corrected chi connectivity index (χ1v) is 12.7. The summed E-state index contributed by atoms with van der Waals surface area (Å²) in [5.74, 6) is 0.0693. The van der Waals surface area contributed by atoms with Crippen molar-refractivity contribution in [2.75, 3.05) is 31.6 Å². The summed E-state index contributed by atoms with van der Waals surface area (Å²) in [4.78, 5) is 31.7. The number of nitrogens with zero attached hydrogens (tertiary/aromatic N) is 2. The molecule has 10 heteroatoms. The van der Waals surface area contributed by atoms with Crippen molar-refractivity contribution in [3.05, 3.63) is 56.3 Å². The quantitative estimate of drug-likeness (QED) is 0.319. The van der Waals surface area contributed by atoms with Gasteiger partial charge in [-0.3, -0.25) is 19.5 Å². The van der Waals surface area contributed by atoms with E-state index in [2.05, 4.69) is 32.9 Å². The van der Waals surface area contributed by atoms with Gasteiger partial charge in [0.25, 0.3) is 11.8 Å². The molecule has 2 amide bonds. The standard InChI is InChI=1S/C24H25FIN3O4S/c1-4-27-24-29(5-2)23(31)20(34-24)13-15-11-18(26)22(19(12-15)32-6-3)33-14-21(30)28-17-9-7-16(25)8-10-17/h7-13H,4-6,14H2,1-3H3,(H,28,30)/b20-13-,27-24?. The van der Waals surface area contributed by atoms with Crippen LogP contribution < -0.4 is 14.8 Å². The molecule has 0 unspecified atom stereocenters. The predicted molar refractivity (Wildman–Crippen MR) is 142 cm³/mol. The number of hydrogen-bond donors (Lipinski definition) is 1. The van der Waals surface area contributed by atoms with Gasteiger partial charge in [-0.05, 0) is 103 Å². The number of halogens is 2. The number of aliphatic imine (C=N–C) groups is 1. The highest BCUT2D eigenvalue weighted by atomic mass is 127. The molecule has 0 radical (unpaired) electrons. The monoisotopic (exact) mass is 597 g/mol. The number of carbonyl (C=O) groups is 2. The third-order valence-corrected chi connectivity index (χ3v) is 6.45. The van der Waals surface area contributed by atoms with E-state index < -0.39 is 0 Å². The van der Waals surface area contributed by atoms with Crippen LogP contribution in [0.1, 0.15) is 26.3 Å². The minimum absolute atomic E-state index is 0.0783. The Kier molecular flexibility index (Phi) is 9.34. The first-order chi connectivity index (χ1) is 16.4. The van der Waals surface area contributed by atoms with E-state index in [0.29, 0.717) is 47.0 Å². The summed E-state index contributed by atoms with van der Waals surface area (Å²) in [7, 11) is 0. The molecule has 1 saturated heterocycles. The number of amides is 2. The molecule has 0 saturated carbocycles. The molecule has 180 valence electrons. The van der Waals surface area contributed by atoms with E-state index in [4.69, 9.17) is 9.47 Å². The van der Waals surface area contributed by atoms with Gasteiger partial charge in [0.15, 0.2) is 23.3 Å². The number of ether oxygens (including phenoxy) is 2. The maximum atomic E-state index is 13.0. The number of carbonyl (C=O) groups excluding carboxylic acids is 2. The lowest BCUT2D eigenvalue weighted by atomic mass is 10.2. The van der Waals surface area contributed by atoms with E-state index in [1.807, 2.05) is 32.9 Å². The molecular formula is C24H25FIN3O4S. The molecule has 1 aliphatic rings. The zero-order chi connectivity index (χ0) is 24.7. The van der Waals surface area contributed by atoms with E-state index in [1.165, 1.54) is 36.0 Å². The second-order valence-electron chi connectivity index (χ2n) is 7.02. The van der Waals surface area contributed by atoms with Crippen LogP contribution in [-0.2, 0) is 9.59 Å². The molecule has 2 aromatic carbocycles. The smallest absolute Gasteiger partial charge is 0.266 e. The molecule has 0 atom stereocenters. The number of nitrogens with one attached hydrogen (secondary N) is 1. The molecule has 1 fully saturated rings. The lowest BCUT2D eigenvalue weighted by Gasteiger charge is -2.15. The van der Waals surface area contributed by atoms with Crippen molar-refractivity contribution in [2.45, 2.75) is 20.8 Å². The normalized spacial score (nSPS) is 15.8. The lowest BCUT2D eigenvalue weighted by molar-refractivity contribution is -0.122. The molecule has 0 aromatic heterocycles. The Morgan fingerprint density at radius 2 is 1.94 bits per heavy atom. The zero-order valence-electron chi connectivity index (χ0n) is 19.1. The van der Waals surface area contributed by atoms with Gasteiger partial charge in [-0.25, -0.2) is 4.39 Å². The summed E-state index contributed by atoms with van der Waals surface area (Å²) in [5.41, 5.74) is 1.25. The number of thioether (sulfide) groups is 1. The number of rotatable bonds is 9. The van der Waals surface area contributed by atoms with Crippen LogP contribution >= 0.6 is 34.4 Å². The number of anilines is 1. The Morgan fingerprint density at radius 3 is 2.59 bits per heavy atom. The van der Waals surface area contributed by atoms with Crippen LogP contribution in [0.3, 0.4) is 0 Å². The summed E-state index contributed by atoms with van der Waals surface area (Å²) in [5, 5.41) is 3.36. The number of amidine groups is 1. The summed E-state index contributed by atoms with van der Waals surface area (Å²) >= 11 is 3.47. The summed E-state index contributed by atoms with van der Waals surface area (Å²) in [6.07, 6.45) is 1.81. The van der Waals surface area contributed by atoms with Gasteiger partial charge in [-0.15, -0.1) is 0 Å². The summed E-state index contributed by atoms with van der Waals surface area (Å²) < 4.78 is 25.3. The summed E-state index contributed by atoms with van der Waals surface area (Å²) in [6.45, 7) is 7.02. The van der Waals surface area contributed by atoms with Crippen molar-refractivity contribution in [2.24, 2.45) is 4.99 Å². The van der Waals surface area contributed by atoms with E-state index in [1.54, 1.807) is 11.0 Å². The fraction of sp³-hybridized carbons (Fsp3) is 0.292. The topological polar surface area (TPSA) is 80.2 Å². The molecular weight excluding hydrogens is 572 g/mol. The first-order valence-electron chi connectivity index (χ1n) is 10.8. The van der Waals surface area contributed by atoms with Gasteiger partial charge in [0.2, 0.25) is 0 Å². The van der Waals surface area contributed by atoms with Crippen LogP contribution in [0, 0.1) is 9.39 Å². The second-order valence-corrected chi connectivity index (χ2v) is 9.20. The van der Waals surface area contributed by atoms with Crippen molar-refractivity contribution in [1.29, 1.82) is 0 Å². The van der Waals surface area contributed by atoms with Crippen molar-refractivity contribution in [3.8, 4) is 11.5 Å². The fourth-order valence-corrected chi connectivity index (χ4v) is 5.02. The molecule has 1 aliphatic heterocycles. The Hall–Kier alpha value is -2.60. The highest BCUT2D eigenvalue weighted by molar-refractivity contribution is 14.1. The van der Waals surface area contributed by atoms with Gasteiger partial charge in [0.05, 0.1) is 15.1 Å². The number of likely N-dealkylation sites (N-methyl/N-ethyl adjacent to an activating group) is 1. The number of hydrogen-bond acceptors (Lipinski definition) is 6. The molecule has 3 rings (SSSR count). The average Bonchev–Trinajstić information content (AvgIpc) is 3.09. The lowest BCUT2D eigenvalue weighted by Crippen LogP contribution is -2.28. The maximum absolute atomic E-state index is 13.0. The zero-order valence-corrected chi connectivity index (χ0v) is 22.0. The molecule has 0 spiro atoms. The molecule has 0 bridgehead atoms. The van der Waals surface area contributed by atoms with Gasteiger partial charge in [0.1, 0.15) is 5.82 Å². The summed E-state index contributed by atoms with van der Waals surface area (Å²) in [6, 6.07) is 9.13. The third kappa shape index (κ3) is 6.50. The molecule has 1 heterocycles. The fourth-order valence-electron chi connectivity index (χ4n) is 3.13. The van der Waals surface area contributed by atoms with E-state index in [0.717, 1.165) is 9.13 Å². The first kappa shape index (κ1) is 26.0. The predicted octanol–water partition coefficient (Wildman–Crippen LogP) is 5.16. The van der Waals surface area contributed by atoms with Crippen molar-refractivity contribution in [3.63, 3.8) is 0 Å². The minimum atomic E-state index is -0.383. The van der Waals surface area contributed by atoms with E-state index >= 15 is 0 Å².